The Balaban J connectivity index is 1.55. The van der Waals surface area contributed by atoms with Crippen LogP contribution in [-0.4, -0.2) is 18.4 Å². The summed E-state index contributed by atoms with van der Waals surface area (Å²) in [5.41, 5.74) is 0.646. The van der Waals surface area contributed by atoms with Crippen molar-refractivity contribution in [3.05, 3.63) is 0 Å². The van der Waals surface area contributed by atoms with E-state index in [-0.39, 0.29) is 11.4 Å². The molecule has 0 aromatic rings. The van der Waals surface area contributed by atoms with E-state index in [0.717, 1.165) is 12.8 Å². The van der Waals surface area contributed by atoms with E-state index in [1.165, 1.54) is 51.4 Å². The zero-order valence-corrected chi connectivity index (χ0v) is 20.8. The van der Waals surface area contributed by atoms with E-state index < -0.39 is 0 Å². The van der Waals surface area contributed by atoms with Crippen LogP contribution in [0.1, 0.15) is 105 Å². The molecule has 3 heteroatoms. The third-order valence-corrected chi connectivity index (χ3v) is 10.9. The molecule has 4 aliphatic rings. The monoisotopic (exact) mass is 430 g/mol. The van der Waals surface area contributed by atoms with Gasteiger partial charge in [0, 0.05) is 18.3 Å². The van der Waals surface area contributed by atoms with Crippen LogP contribution in [0, 0.1) is 52.3 Å². The van der Waals surface area contributed by atoms with Gasteiger partial charge in [0.15, 0.2) is 0 Å². The molecule has 0 aliphatic heterocycles. The molecule has 0 radical (unpaired) electrons. The van der Waals surface area contributed by atoms with Crippen LogP contribution in [0.2, 0.25) is 0 Å². The lowest BCUT2D eigenvalue weighted by molar-refractivity contribution is -0.168. The van der Waals surface area contributed by atoms with E-state index in [2.05, 4.69) is 27.7 Å². The molecule has 3 nitrogen and oxygen atoms in total. The molecule has 4 aliphatic carbocycles. The van der Waals surface area contributed by atoms with Crippen molar-refractivity contribution >= 4 is 11.8 Å². The van der Waals surface area contributed by atoms with E-state index >= 15 is 0 Å². The first-order valence-corrected chi connectivity index (χ1v) is 13.5. The maximum atomic E-state index is 14.0. The second-order valence-corrected chi connectivity index (χ2v) is 12.1. The van der Waals surface area contributed by atoms with Crippen LogP contribution in [-0.2, 0) is 14.3 Å². The van der Waals surface area contributed by atoms with E-state index in [1.54, 1.807) is 0 Å². The molecule has 0 aromatic carbocycles. The number of Topliss-reactive ketones (excluding diaryl/α,β-unsaturated/α-hetero) is 1. The molecule has 4 fully saturated rings. The number of hydrogen-bond acceptors (Lipinski definition) is 3. The number of carbonyl (C=O) groups is 2. The van der Waals surface area contributed by atoms with Crippen LogP contribution >= 0.6 is 0 Å². The Bertz CT molecular complexity index is 686. The first-order chi connectivity index (χ1) is 14.8. The first kappa shape index (κ1) is 23.3. The molecule has 0 amide bonds. The highest BCUT2D eigenvalue weighted by molar-refractivity contribution is 5.86. The van der Waals surface area contributed by atoms with Gasteiger partial charge in [0.1, 0.15) is 5.78 Å². The van der Waals surface area contributed by atoms with Crippen LogP contribution in [0.25, 0.3) is 0 Å². The number of rotatable bonds is 6. The molecule has 0 saturated heterocycles. The number of fused-ring (bicyclic) bond motifs is 5. The van der Waals surface area contributed by atoms with Crippen molar-refractivity contribution in [2.75, 3.05) is 6.61 Å². The maximum absolute atomic E-state index is 14.0. The molecular formula is C28H46O3. The fraction of sp³-hybridized carbons (Fsp3) is 0.929. The van der Waals surface area contributed by atoms with E-state index in [4.69, 9.17) is 4.74 Å². The third-order valence-electron chi connectivity index (χ3n) is 10.9. The van der Waals surface area contributed by atoms with Crippen LogP contribution in [0.5, 0.6) is 0 Å². The first-order valence-electron chi connectivity index (χ1n) is 13.5. The Morgan fingerprint density at radius 3 is 2.45 bits per heavy atom. The fourth-order valence-corrected chi connectivity index (χ4v) is 9.47. The van der Waals surface area contributed by atoms with Gasteiger partial charge < -0.3 is 4.74 Å². The zero-order valence-electron chi connectivity index (χ0n) is 20.8. The second kappa shape index (κ2) is 8.82. The van der Waals surface area contributed by atoms with Crippen molar-refractivity contribution in [2.45, 2.75) is 105 Å². The lowest BCUT2D eigenvalue weighted by atomic mass is 9.42. The Labute approximate surface area is 190 Å². The molecule has 0 spiro atoms. The van der Waals surface area contributed by atoms with Gasteiger partial charge in [0.25, 0.3) is 0 Å². The minimum absolute atomic E-state index is 0.0535. The molecule has 0 heterocycles. The number of hydrogen-bond donors (Lipinski definition) is 0. The molecule has 4 rings (SSSR count). The van der Waals surface area contributed by atoms with Gasteiger partial charge in [-0.25, -0.2) is 0 Å². The van der Waals surface area contributed by atoms with Crippen LogP contribution < -0.4 is 0 Å². The third kappa shape index (κ3) is 3.70. The van der Waals surface area contributed by atoms with Crippen molar-refractivity contribution in [1.82, 2.24) is 0 Å². The van der Waals surface area contributed by atoms with Gasteiger partial charge in [-0.1, -0.05) is 40.5 Å². The zero-order chi connectivity index (χ0) is 22.4. The summed E-state index contributed by atoms with van der Waals surface area (Å²) in [5, 5.41) is 0. The Kier molecular flexibility index (Phi) is 6.63. The van der Waals surface area contributed by atoms with Crippen molar-refractivity contribution in [3.63, 3.8) is 0 Å². The van der Waals surface area contributed by atoms with Gasteiger partial charge in [-0.15, -0.1) is 0 Å². The summed E-state index contributed by atoms with van der Waals surface area (Å²) in [6, 6.07) is 0. The minimum atomic E-state index is -0.0535. The Morgan fingerprint density at radius 1 is 1.00 bits per heavy atom. The smallest absolute Gasteiger partial charge is 0.305 e. The highest BCUT2D eigenvalue weighted by Crippen LogP contribution is 2.68. The Hall–Kier alpha value is -0.860. The average Bonchev–Trinajstić information content (AvgIpc) is 3.10. The van der Waals surface area contributed by atoms with E-state index in [9.17, 15) is 9.59 Å². The van der Waals surface area contributed by atoms with Gasteiger partial charge in [-0.2, -0.15) is 0 Å². The van der Waals surface area contributed by atoms with E-state index in [0.29, 0.717) is 65.7 Å². The topological polar surface area (TPSA) is 43.4 Å². The molecule has 9 atom stereocenters. The van der Waals surface area contributed by atoms with Crippen LogP contribution in [0.4, 0.5) is 0 Å². The molecule has 176 valence electrons. The van der Waals surface area contributed by atoms with Crippen molar-refractivity contribution in [2.24, 2.45) is 52.3 Å². The molecular weight excluding hydrogens is 384 g/mol. The second-order valence-electron chi connectivity index (χ2n) is 12.1. The highest BCUT2D eigenvalue weighted by atomic mass is 16.5. The summed E-state index contributed by atoms with van der Waals surface area (Å²) < 4.78 is 5.17. The number of ketones is 1. The predicted molar refractivity (Wildman–Crippen MR) is 124 cm³/mol. The summed E-state index contributed by atoms with van der Waals surface area (Å²) in [4.78, 5) is 25.9. The molecule has 0 aromatic heterocycles. The average molecular weight is 431 g/mol. The summed E-state index contributed by atoms with van der Waals surface area (Å²) in [6.45, 7) is 12.0. The lowest BCUT2D eigenvalue weighted by Crippen LogP contribution is -2.59. The van der Waals surface area contributed by atoms with Crippen LogP contribution in [0.3, 0.4) is 0 Å². The SMILES string of the molecule is CCOC(=O)CC[C@@H](C)C1CCC2C3C(=O)[C@H](CC)C4CCCCC4(C)C3CCC21C. The van der Waals surface area contributed by atoms with Gasteiger partial charge in [0.05, 0.1) is 6.61 Å². The molecule has 0 N–H and O–H groups in total. The molecule has 0 bridgehead atoms. The van der Waals surface area contributed by atoms with Gasteiger partial charge in [-0.05, 0) is 98.7 Å². The number of ether oxygens (including phenoxy) is 1. The van der Waals surface area contributed by atoms with Gasteiger partial charge in [0.2, 0.25) is 0 Å². The summed E-state index contributed by atoms with van der Waals surface area (Å²) in [5.74, 6) is 4.15. The van der Waals surface area contributed by atoms with Crippen molar-refractivity contribution in [3.8, 4) is 0 Å². The Morgan fingerprint density at radius 2 is 1.74 bits per heavy atom. The summed E-state index contributed by atoms with van der Waals surface area (Å²) in [6.07, 6.45) is 12.8. The quantitative estimate of drug-likeness (QED) is 0.434. The number of carbonyl (C=O) groups excluding carboxylic acids is 2. The standard InChI is InChI=1S/C28H46O3/c1-6-19-21-10-8-9-16-27(21,4)23-15-17-28(5)20(12-13-22(28)25(23)26(19)30)18(3)11-14-24(29)31-7-2/h18-23,25H,6-17H2,1-5H3/t18-,19-,20?,21?,22?,23?,25?,27?,28?/m1/s1. The van der Waals surface area contributed by atoms with E-state index in [1.807, 2.05) is 6.92 Å². The van der Waals surface area contributed by atoms with Gasteiger partial charge in [-0.3, -0.25) is 9.59 Å². The predicted octanol–water partition coefficient (Wildman–Crippen LogP) is 6.83. The largest absolute Gasteiger partial charge is 0.466 e. The highest BCUT2D eigenvalue weighted by Gasteiger charge is 2.64. The summed E-state index contributed by atoms with van der Waals surface area (Å²) in [7, 11) is 0. The van der Waals surface area contributed by atoms with Crippen LogP contribution in [0.15, 0.2) is 0 Å². The van der Waals surface area contributed by atoms with Crippen molar-refractivity contribution < 1.29 is 14.3 Å². The normalized spacial score (nSPS) is 45.4. The molecule has 7 unspecified atom stereocenters. The minimum Gasteiger partial charge on any atom is -0.466 e. The van der Waals surface area contributed by atoms with Gasteiger partial charge >= 0.3 is 5.97 Å². The summed E-state index contributed by atoms with van der Waals surface area (Å²) >= 11 is 0. The lowest BCUT2D eigenvalue weighted by Gasteiger charge is -2.62. The van der Waals surface area contributed by atoms with Crippen molar-refractivity contribution in [1.29, 1.82) is 0 Å². The number of esters is 1. The molecule has 4 saturated carbocycles. The molecule has 31 heavy (non-hydrogen) atoms. The maximum Gasteiger partial charge on any atom is 0.305 e. The fourth-order valence-electron chi connectivity index (χ4n) is 9.47.